The molecule has 3 aliphatic rings. The number of carbonyl (C=O) groups is 3. The molecule has 3 heterocycles. The van der Waals surface area contributed by atoms with Gasteiger partial charge in [-0.25, -0.2) is 0 Å². The van der Waals surface area contributed by atoms with Gasteiger partial charge in [0.15, 0.2) is 0 Å². The van der Waals surface area contributed by atoms with Crippen molar-refractivity contribution >= 4 is 29.1 Å². The summed E-state index contributed by atoms with van der Waals surface area (Å²) in [5, 5.41) is 2.83. The zero-order chi connectivity index (χ0) is 21.1. The lowest BCUT2D eigenvalue weighted by molar-refractivity contribution is -0.137. The number of hydrogen-bond donors (Lipinski definition) is 1. The van der Waals surface area contributed by atoms with E-state index in [1.54, 1.807) is 4.90 Å². The summed E-state index contributed by atoms with van der Waals surface area (Å²) in [5.41, 5.74) is 1.43. The van der Waals surface area contributed by atoms with E-state index < -0.39 is 0 Å². The third kappa shape index (κ3) is 4.36. The lowest BCUT2D eigenvalue weighted by Gasteiger charge is -2.39. The van der Waals surface area contributed by atoms with Crippen molar-refractivity contribution in [1.29, 1.82) is 0 Å². The molecule has 1 unspecified atom stereocenters. The van der Waals surface area contributed by atoms with Gasteiger partial charge in [-0.05, 0) is 57.8 Å². The predicted molar refractivity (Wildman–Crippen MR) is 116 cm³/mol. The molecule has 1 aromatic carbocycles. The first-order valence-electron chi connectivity index (χ1n) is 11.3. The molecule has 1 N–H and O–H groups in total. The zero-order valence-corrected chi connectivity index (χ0v) is 17.8. The molecule has 4 rings (SSSR count). The maximum atomic E-state index is 13.2. The summed E-state index contributed by atoms with van der Waals surface area (Å²) >= 11 is 0. The van der Waals surface area contributed by atoms with Gasteiger partial charge < -0.3 is 10.2 Å². The fourth-order valence-corrected chi connectivity index (χ4v) is 4.89. The average molecular weight is 413 g/mol. The Labute approximate surface area is 178 Å². The van der Waals surface area contributed by atoms with Gasteiger partial charge >= 0.3 is 0 Å². The van der Waals surface area contributed by atoms with E-state index in [-0.39, 0.29) is 30.3 Å². The van der Waals surface area contributed by atoms with Crippen molar-refractivity contribution in [1.82, 2.24) is 9.80 Å². The topological polar surface area (TPSA) is 73.0 Å². The molecule has 0 spiro atoms. The van der Waals surface area contributed by atoms with Crippen LogP contribution in [0.2, 0.25) is 0 Å². The van der Waals surface area contributed by atoms with Crippen LogP contribution in [0.1, 0.15) is 45.4 Å². The van der Waals surface area contributed by atoms with Crippen LogP contribution in [0.25, 0.3) is 0 Å². The third-order valence-electron chi connectivity index (χ3n) is 6.74. The Bertz CT molecular complexity index is 795. The van der Waals surface area contributed by atoms with Crippen molar-refractivity contribution in [3.63, 3.8) is 0 Å². The first-order chi connectivity index (χ1) is 14.5. The number of benzene rings is 1. The molecule has 0 radical (unpaired) electrons. The third-order valence-corrected chi connectivity index (χ3v) is 6.74. The second-order valence-corrected chi connectivity index (χ2v) is 8.72. The van der Waals surface area contributed by atoms with Crippen molar-refractivity contribution < 1.29 is 14.4 Å². The molecule has 1 aromatic rings. The quantitative estimate of drug-likeness (QED) is 0.828. The Balaban J connectivity index is 1.36. The SMILES string of the molecule is CC(C(=O)N1CC(=O)Nc2ccccc21)N1CCC(C(=O)N2CCCCCC2)CC1. The highest BCUT2D eigenvalue weighted by Gasteiger charge is 2.35. The van der Waals surface area contributed by atoms with Gasteiger partial charge in [-0.3, -0.25) is 24.2 Å². The summed E-state index contributed by atoms with van der Waals surface area (Å²) in [6.45, 7) is 5.21. The molecule has 3 aliphatic heterocycles. The monoisotopic (exact) mass is 412 g/mol. The number of rotatable bonds is 3. The molecule has 162 valence electrons. The molecule has 3 amide bonds. The summed E-state index contributed by atoms with van der Waals surface area (Å²) in [6, 6.07) is 7.09. The van der Waals surface area contributed by atoms with Gasteiger partial charge in [0.05, 0.1) is 17.4 Å². The average Bonchev–Trinajstić information content (AvgIpc) is 3.07. The lowest BCUT2D eigenvalue weighted by atomic mass is 9.94. The van der Waals surface area contributed by atoms with E-state index in [0.29, 0.717) is 11.6 Å². The maximum absolute atomic E-state index is 13.2. The number of piperidine rings is 1. The molecular formula is C23H32N4O3. The number of hydrogen-bond acceptors (Lipinski definition) is 4. The fourth-order valence-electron chi connectivity index (χ4n) is 4.89. The van der Waals surface area contributed by atoms with Gasteiger partial charge in [-0.1, -0.05) is 25.0 Å². The van der Waals surface area contributed by atoms with Crippen LogP contribution in [0.5, 0.6) is 0 Å². The van der Waals surface area contributed by atoms with E-state index in [1.807, 2.05) is 31.2 Å². The van der Waals surface area contributed by atoms with E-state index in [4.69, 9.17) is 0 Å². The molecule has 0 saturated carbocycles. The fraction of sp³-hybridized carbons (Fsp3) is 0.609. The van der Waals surface area contributed by atoms with Crippen molar-refractivity contribution in [2.45, 2.75) is 51.5 Å². The molecular weight excluding hydrogens is 380 g/mol. The molecule has 7 nitrogen and oxygen atoms in total. The first-order valence-corrected chi connectivity index (χ1v) is 11.3. The highest BCUT2D eigenvalue weighted by molar-refractivity contribution is 6.11. The number of para-hydroxylation sites is 2. The van der Waals surface area contributed by atoms with Crippen molar-refractivity contribution in [3.05, 3.63) is 24.3 Å². The number of nitrogens with one attached hydrogen (secondary N) is 1. The maximum Gasteiger partial charge on any atom is 0.244 e. The smallest absolute Gasteiger partial charge is 0.244 e. The standard InChI is InChI=1S/C23H32N4O3/c1-17(22(29)27-16-21(28)24-19-8-4-5-9-20(19)27)25-14-10-18(11-15-25)23(30)26-12-6-2-3-7-13-26/h4-5,8-9,17-18H,2-3,6-7,10-16H2,1H3,(H,24,28). The molecule has 7 heteroatoms. The van der Waals surface area contributed by atoms with Crippen LogP contribution in [0.15, 0.2) is 24.3 Å². The van der Waals surface area contributed by atoms with Crippen LogP contribution in [0.4, 0.5) is 11.4 Å². The van der Waals surface area contributed by atoms with Crippen molar-refractivity contribution in [2.75, 3.05) is 42.9 Å². The van der Waals surface area contributed by atoms with Gasteiger partial charge in [0.25, 0.3) is 0 Å². The first kappa shape index (κ1) is 20.8. The van der Waals surface area contributed by atoms with Crippen molar-refractivity contribution in [3.8, 4) is 0 Å². The van der Waals surface area contributed by atoms with Gasteiger partial charge in [0, 0.05) is 19.0 Å². The van der Waals surface area contributed by atoms with Gasteiger partial charge in [-0.2, -0.15) is 0 Å². The van der Waals surface area contributed by atoms with E-state index in [2.05, 4.69) is 15.1 Å². The van der Waals surface area contributed by atoms with E-state index in [9.17, 15) is 14.4 Å². The Morgan fingerprint density at radius 1 is 1.00 bits per heavy atom. The van der Waals surface area contributed by atoms with Gasteiger partial charge in [0.1, 0.15) is 6.54 Å². The Hall–Kier alpha value is -2.41. The van der Waals surface area contributed by atoms with Crippen LogP contribution in [0, 0.1) is 5.92 Å². The summed E-state index contributed by atoms with van der Waals surface area (Å²) in [6.07, 6.45) is 6.26. The second-order valence-electron chi connectivity index (χ2n) is 8.72. The molecule has 30 heavy (non-hydrogen) atoms. The highest BCUT2D eigenvalue weighted by atomic mass is 16.2. The molecule has 0 aliphatic carbocycles. The van der Waals surface area contributed by atoms with Gasteiger partial charge in [-0.15, -0.1) is 0 Å². The lowest BCUT2D eigenvalue weighted by Crippen LogP contribution is -2.53. The van der Waals surface area contributed by atoms with E-state index >= 15 is 0 Å². The molecule has 1 atom stereocenters. The van der Waals surface area contributed by atoms with E-state index in [0.717, 1.165) is 57.5 Å². The predicted octanol–water partition coefficient (Wildman–Crippen LogP) is 2.47. The van der Waals surface area contributed by atoms with Crippen LogP contribution in [-0.4, -0.2) is 66.3 Å². The highest BCUT2D eigenvalue weighted by Crippen LogP contribution is 2.30. The number of likely N-dealkylation sites (tertiary alicyclic amines) is 2. The Morgan fingerprint density at radius 3 is 2.37 bits per heavy atom. The minimum Gasteiger partial charge on any atom is -0.342 e. The second kappa shape index (κ2) is 9.16. The number of nitrogens with zero attached hydrogens (tertiary/aromatic N) is 3. The Morgan fingerprint density at radius 2 is 1.67 bits per heavy atom. The minimum absolute atomic E-state index is 0.0457. The van der Waals surface area contributed by atoms with Gasteiger partial charge in [0.2, 0.25) is 17.7 Å². The molecule has 2 saturated heterocycles. The molecule has 2 fully saturated rings. The van der Waals surface area contributed by atoms with Crippen LogP contribution in [-0.2, 0) is 14.4 Å². The molecule has 0 aromatic heterocycles. The van der Waals surface area contributed by atoms with Crippen LogP contribution >= 0.6 is 0 Å². The summed E-state index contributed by atoms with van der Waals surface area (Å²) in [4.78, 5) is 44.0. The number of carbonyl (C=O) groups excluding carboxylic acids is 3. The van der Waals surface area contributed by atoms with Crippen LogP contribution in [0.3, 0.4) is 0 Å². The number of anilines is 2. The van der Waals surface area contributed by atoms with E-state index in [1.165, 1.54) is 12.8 Å². The summed E-state index contributed by atoms with van der Waals surface area (Å²) < 4.78 is 0. The number of fused-ring (bicyclic) bond motifs is 1. The van der Waals surface area contributed by atoms with Crippen molar-refractivity contribution in [2.24, 2.45) is 5.92 Å². The Kier molecular flexibility index (Phi) is 6.37. The summed E-state index contributed by atoms with van der Waals surface area (Å²) in [7, 11) is 0. The number of amides is 3. The minimum atomic E-state index is -0.321. The van der Waals surface area contributed by atoms with Crippen LogP contribution < -0.4 is 10.2 Å². The zero-order valence-electron chi connectivity index (χ0n) is 17.8. The normalized spacial score (nSPS) is 22.1. The summed E-state index contributed by atoms with van der Waals surface area (Å²) in [5.74, 6) is 0.144. The largest absolute Gasteiger partial charge is 0.342 e. The molecule has 0 bridgehead atoms.